The Bertz CT molecular complexity index is 424. The van der Waals surface area contributed by atoms with Gasteiger partial charge in [-0.25, -0.2) is 0 Å². The minimum atomic E-state index is 0.414. The first-order valence-electron chi connectivity index (χ1n) is 5.29. The molecule has 0 aliphatic rings. The predicted octanol–water partition coefficient (Wildman–Crippen LogP) is 2.16. The highest BCUT2D eigenvalue weighted by Gasteiger charge is 2.06. The zero-order valence-electron chi connectivity index (χ0n) is 9.43. The zero-order chi connectivity index (χ0) is 11.4. The lowest BCUT2D eigenvalue weighted by molar-refractivity contribution is 0.383. The number of hydrogen-bond acceptors (Lipinski definition) is 5. The van der Waals surface area contributed by atoms with Crippen LogP contribution in [0, 0.1) is 6.92 Å². The molecule has 2 aromatic rings. The molecule has 0 saturated carbocycles. The van der Waals surface area contributed by atoms with Crippen molar-refractivity contribution in [2.75, 3.05) is 0 Å². The third-order valence-corrected chi connectivity index (χ3v) is 3.16. The van der Waals surface area contributed by atoms with Gasteiger partial charge >= 0.3 is 0 Å². The molecule has 0 aromatic carbocycles. The molecule has 4 nitrogen and oxygen atoms in total. The first kappa shape index (κ1) is 11.3. The summed E-state index contributed by atoms with van der Waals surface area (Å²) < 4.78 is 4.90. The molecule has 0 spiro atoms. The maximum Gasteiger partial charge on any atom is 0.223 e. The Hall–Kier alpha value is -1.20. The third kappa shape index (κ3) is 3.15. The molecule has 0 fully saturated rings. The van der Waals surface area contributed by atoms with Gasteiger partial charge in [0.15, 0.2) is 5.82 Å². The first-order chi connectivity index (χ1) is 7.74. The first-order valence-corrected chi connectivity index (χ1v) is 6.17. The van der Waals surface area contributed by atoms with Crippen molar-refractivity contribution in [2.24, 2.45) is 0 Å². The molecule has 86 valence electrons. The van der Waals surface area contributed by atoms with Crippen LogP contribution in [0.1, 0.15) is 23.5 Å². The van der Waals surface area contributed by atoms with E-state index in [-0.39, 0.29) is 0 Å². The van der Waals surface area contributed by atoms with Crippen molar-refractivity contribution in [3.63, 3.8) is 0 Å². The molecule has 0 aliphatic heterocycles. The second kappa shape index (κ2) is 5.23. The summed E-state index contributed by atoms with van der Waals surface area (Å²) in [4.78, 5) is 5.53. The summed E-state index contributed by atoms with van der Waals surface area (Å²) >= 11 is 1.79. The van der Waals surface area contributed by atoms with Gasteiger partial charge in [0, 0.05) is 17.8 Å². The van der Waals surface area contributed by atoms with E-state index in [0.29, 0.717) is 18.5 Å². The molecule has 0 amide bonds. The zero-order valence-corrected chi connectivity index (χ0v) is 10.3. The molecule has 2 aromatic heterocycles. The SMILES string of the molecule is Cc1nc(CNC(C)Cc2cccs2)no1. The summed E-state index contributed by atoms with van der Waals surface area (Å²) in [7, 11) is 0. The van der Waals surface area contributed by atoms with Gasteiger partial charge in [0.2, 0.25) is 5.89 Å². The van der Waals surface area contributed by atoms with Gasteiger partial charge in [-0.05, 0) is 24.8 Å². The van der Waals surface area contributed by atoms with Crippen LogP contribution in [0.5, 0.6) is 0 Å². The van der Waals surface area contributed by atoms with Crippen LogP contribution in [0.2, 0.25) is 0 Å². The van der Waals surface area contributed by atoms with Crippen LogP contribution in [-0.4, -0.2) is 16.2 Å². The lowest BCUT2D eigenvalue weighted by atomic mass is 10.2. The fourth-order valence-electron chi connectivity index (χ4n) is 1.48. The molecular weight excluding hydrogens is 222 g/mol. The fraction of sp³-hybridized carbons (Fsp3) is 0.455. The van der Waals surface area contributed by atoms with Gasteiger partial charge in [0.05, 0.1) is 6.54 Å². The van der Waals surface area contributed by atoms with E-state index in [9.17, 15) is 0 Å². The Morgan fingerprint density at radius 3 is 3.06 bits per heavy atom. The van der Waals surface area contributed by atoms with E-state index >= 15 is 0 Å². The number of thiophene rings is 1. The summed E-state index contributed by atoms with van der Waals surface area (Å²) in [6.07, 6.45) is 1.04. The second-order valence-electron chi connectivity index (χ2n) is 3.80. The van der Waals surface area contributed by atoms with Crippen molar-refractivity contribution >= 4 is 11.3 Å². The van der Waals surface area contributed by atoms with Gasteiger partial charge in [0.25, 0.3) is 0 Å². The largest absolute Gasteiger partial charge is 0.340 e. The Morgan fingerprint density at radius 2 is 2.44 bits per heavy atom. The van der Waals surface area contributed by atoms with Crippen LogP contribution in [0.15, 0.2) is 22.0 Å². The second-order valence-corrected chi connectivity index (χ2v) is 4.83. The Kier molecular flexibility index (Phi) is 3.69. The van der Waals surface area contributed by atoms with Crippen LogP contribution >= 0.6 is 11.3 Å². The van der Waals surface area contributed by atoms with Gasteiger partial charge in [-0.15, -0.1) is 11.3 Å². The molecule has 2 heterocycles. The van der Waals surface area contributed by atoms with Crippen LogP contribution in [0.3, 0.4) is 0 Å². The van der Waals surface area contributed by atoms with E-state index in [1.165, 1.54) is 4.88 Å². The highest BCUT2D eigenvalue weighted by molar-refractivity contribution is 7.09. The van der Waals surface area contributed by atoms with Crippen molar-refractivity contribution in [2.45, 2.75) is 32.9 Å². The minimum Gasteiger partial charge on any atom is -0.340 e. The van der Waals surface area contributed by atoms with Crippen molar-refractivity contribution in [3.8, 4) is 0 Å². The third-order valence-electron chi connectivity index (χ3n) is 2.27. The van der Waals surface area contributed by atoms with Crippen LogP contribution in [0.4, 0.5) is 0 Å². The Labute approximate surface area is 98.7 Å². The van der Waals surface area contributed by atoms with E-state index in [2.05, 4.69) is 39.9 Å². The van der Waals surface area contributed by atoms with Crippen molar-refractivity contribution < 1.29 is 4.52 Å². The topological polar surface area (TPSA) is 51.0 Å². The van der Waals surface area contributed by atoms with E-state index in [0.717, 1.165) is 12.2 Å². The molecule has 1 unspecified atom stereocenters. The summed E-state index contributed by atoms with van der Waals surface area (Å²) in [6.45, 7) is 4.61. The maximum atomic E-state index is 4.90. The number of aryl methyl sites for hydroxylation is 1. The number of hydrogen-bond donors (Lipinski definition) is 1. The standard InChI is InChI=1S/C11H15N3OS/c1-8(6-10-4-3-5-16-10)12-7-11-13-9(2)15-14-11/h3-5,8,12H,6-7H2,1-2H3. The highest BCUT2D eigenvalue weighted by Crippen LogP contribution is 2.11. The van der Waals surface area contributed by atoms with Gasteiger partial charge in [-0.1, -0.05) is 11.2 Å². The predicted molar refractivity (Wildman–Crippen MR) is 63.4 cm³/mol. The molecule has 2 rings (SSSR count). The normalized spacial score (nSPS) is 12.9. The van der Waals surface area contributed by atoms with Gasteiger partial charge in [-0.3, -0.25) is 0 Å². The van der Waals surface area contributed by atoms with Crippen LogP contribution in [-0.2, 0) is 13.0 Å². The van der Waals surface area contributed by atoms with E-state index in [4.69, 9.17) is 4.52 Å². The number of rotatable bonds is 5. The Morgan fingerprint density at radius 1 is 1.56 bits per heavy atom. The van der Waals surface area contributed by atoms with Crippen LogP contribution in [0.25, 0.3) is 0 Å². The molecule has 0 bridgehead atoms. The van der Waals surface area contributed by atoms with E-state index < -0.39 is 0 Å². The van der Waals surface area contributed by atoms with Gasteiger partial charge in [0.1, 0.15) is 0 Å². The summed E-state index contributed by atoms with van der Waals surface area (Å²) in [5.74, 6) is 1.33. The lowest BCUT2D eigenvalue weighted by Crippen LogP contribution is -2.27. The molecule has 1 atom stereocenters. The number of nitrogens with one attached hydrogen (secondary N) is 1. The Balaban J connectivity index is 1.77. The summed E-state index contributed by atoms with van der Waals surface area (Å²) in [5, 5.41) is 9.31. The average Bonchev–Trinajstić information content (AvgIpc) is 2.87. The average molecular weight is 237 g/mol. The molecular formula is C11H15N3OS. The monoisotopic (exact) mass is 237 g/mol. The lowest BCUT2D eigenvalue weighted by Gasteiger charge is -2.10. The van der Waals surface area contributed by atoms with E-state index in [1.54, 1.807) is 18.3 Å². The van der Waals surface area contributed by atoms with Crippen molar-refractivity contribution in [1.82, 2.24) is 15.5 Å². The number of nitrogens with zero attached hydrogens (tertiary/aromatic N) is 2. The van der Waals surface area contributed by atoms with Crippen molar-refractivity contribution in [3.05, 3.63) is 34.1 Å². The summed E-state index contributed by atoms with van der Waals surface area (Å²) in [6, 6.07) is 4.65. The molecule has 0 aliphatic carbocycles. The van der Waals surface area contributed by atoms with E-state index in [1.807, 2.05) is 0 Å². The number of aromatic nitrogens is 2. The molecule has 1 N–H and O–H groups in total. The van der Waals surface area contributed by atoms with Crippen LogP contribution < -0.4 is 5.32 Å². The highest BCUT2D eigenvalue weighted by atomic mass is 32.1. The molecule has 0 radical (unpaired) electrons. The van der Waals surface area contributed by atoms with Crippen molar-refractivity contribution in [1.29, 1.82) is 0 Å². The van der Waals surface area contributed by atoms with Gasteiger partial charge < -0.3 is 9.84 Å². The molecule has 5 heteroatoms. The minimum absolute atomic E-state index is 0.414. The smallest absolute Gasteiger partial charge is 0.223 e. The maximum absolute atomic E-state index is 4.90. The molecule has 16 heavy (non-hydrogen) atoms. The fourth-order valence-corrected chi connectivity index (χ4v) is 2.32. The molecule has 0 saturated heterocycles. The van der Waals surface area contributed by atoms with Gasteiger partial charge in [-0.2, -0.15) is 4.98 Å². The summed E-state index contributed by atoms with van der Waals surface area (Å²) in [5.41, 5.74) is 0. The quantitative estimate of drug-likeness (QED) is 0.865.